The Morgan fingerprint density at radius 1 is 1.20 bits per heavy atom. The highest BCUT2D eigenvalue weighted by Gasteiger charge is 2.20. The lowest BCUT2D eigenvalue weighted by molar-refractivity contribution is 0.0695. The molecule has 2 atom stereocenters. The van der Waals surface area contributed by atoms with Crippen LogP contribution in [0.5, 0.6) is 0 Å². The standard InChI is InChI=1S/C16H23NO3/c1-12(11-17-9-3-2-4-10-17)15(18)13-5-7-14(8-6-13)16(19)20/h5-8,12,15,18H,2-4,9-11H2,1H3,(H,19,20). The number of aromatic carboxylic acids is 1. The number of carbonyl (C=O) groups is 1. The van der Waals surface area contributed by atoms with Crippen LogP contribution >= 0.6 is 0 Å². The van der Waals surface area contributed by atoms with Gasteiger partial charge < -0.3 is 15.1 Å². The van der Waals surface area contributed by atoms with Crippen LogP contribution in [-0.2, 0) is 0 Å². The summed E-state index contributed by atoms with van der Waals surface area (Å²) in [6.45, 7) is 5.18. The van der Waals surface area contributed by atoms with Crippen LogP contribution < -0.4 is 0 Å². The van der Waals surface area contributed by atoms with E-state index in [1.165, 1.54) is 19.3 Å². The Labute approximate surface area is 120 Å². The van der Waals surface area contributed by atoms with Crippen molar-refractivity contribution >= 4 is 5.97 Å². The summed E-state index contributed by atoms with van der Waals surface area (Å²) >= 11 is 0. The summed E-state index contributed by atoms with van der Waals surface area (Å²) in [5.41, 5.74) is 1.05. The van der Waals surface area contributed by atoms with Crippen molar-refractivity contribution in [1.29, 1.82) is 0 Å². The molecule has 1 aromatic rings. The minimum Gasteiger partial charge on any atom is -0.478 e. The average molecular weight is 277 g/mol. The summed E-state index contributed by atoms with van der Waals surface area (Å²) in [6, 6.07) is 6.52. The second-order valence-corrected chi connectivity index (χ2v) is 5.71. The van der Waals surface area contributed by atoms with Crippen molar-refractivity contribution in [2.24, 2.45) is 5.92 Å². The fourth-order valence-electron chi connectivity index (χ4n) is 2.80. The van der Waals surface area contributed by atoms with Crippen LogP contribution in [0, 0.1) is 5.92 Å². The zero-order valence-electron chi connectivity index (χ0n) is 12.0. The van der Waals surface area contributed by atoms with E-state index < -0.39 is 12.1 Å². The first kappa shape index (κ1) is 15.0. The maximum Gasteiger partial charge on any atom is 0.335 e. The molecule has 2 rings (SSSR count). The third-order valence-electron chi connectivity index (χ3n) is 4.03. The van der Waals surface area contributed by atoms with Gasteiger partial charge in [-0.1, -0.05) is 25.5 Å². The minimum absolute atomic E-state index is 0.142. The predicted octanol–water partition coefficient (Wildman–Crippen LogP) is 2.54. The molecule has 0 spiro atoms. The highest BCUT2D eigenvalue weighted by molar-refractivity contribution is 5.87. The summed E-state index contributed by atoms with van der Waals surface area (Å²) in [7, 11) is 0. The molecular formula is C16H23NO3. The topological polar surface area (TPSA) is 60.8 Å². The highest BCUT2D eigenvalue weighted by Crippen LogP contribution is 2.24. The molecule has 20 heavy (non-hydrogen) atoms. The summed E-state index contributed by atoms with van der Waals surface area (Å²) < 4.78 is 0. The van der Waals surface area contributed by atoms with Crippen molar-refractivity contribution in [3.8, 4) is 0 Å². The molecule has 1 saturated heterocycles. The zero-order chi connectivity index (χ0) is 14.5. The molecule has 0 amide bonds. The number of carboxylic acid groups (broad SMARTS) is 1. The van der Waals surface area contributed by atoms with E-state index in [9.17, 15) is 9.90 Å². The van der Waals surface area contributed by atoms with E-state index >= 15 is 0 Å². The molecule has 2 unspecified atom stereocenters. The van der Waals surface area contributed by atoms with E-state index in [2.05, 4.69) is 4.90 Å². The summed E-state index contributed by atoms with van der Waals surface area (Å²) in [5, 5.41) is 19.2. The van der Waals surface area contributed by atoms with E-state index in [-0.39, 0.29) is 11.5 Å². The molecule has 1 fully saturated rings. The Hall–Kier alpha value is -1.39. The fraction of sp³-hybridized carbons (Fsp3) is 0.562. The van der Waals surface area contributed by atoms with Gasteiger partial charge in [0.25, 0.3) is 0 Å². The summed E-state index contributed by atoms with van der Waals surface area (Å²) in [4.78, 5) is 13.2. The van der Waals surface area contributed by atoms with Crippen LogP contribution in [0.15, 0.2) is 24.3 Å². The fourth-order valence-corrected chi connectivity index (χ4v) is 2.80. The van der Waals surface area contributed by atoms with Gasteiger partial charge in [0, 0.05) is 6.54 Å². The number of aliphatic hydroxyl groups excluding tert-OH is 1. The molecule has 0 saturated carbocycles. The average Bonchev–Trinajstić information content (AvgIpc) is 2.47. The van der Waals surface area contributed by atoms with E-state index in [0.29, 0.717) is 0 Å². The van der Waals surface area contributed by atoms with Crippen LogP contribution in [0.25, 0.3) is 0 Å². The molecule has 110 valence electrons. The number of hydrogen-bond acceptors (Lipinski definition) is 3. The van der Waals surface area contributed by atoms with Gasteiger partial charge in [0.15, 0.2) is 0 Å². The number of aliphatic hydroxyl groups is 1. The van der Waals surface area contributed by atoms with Crippen molar-refractivity contribution in [2.75, 3.05) is 19.6 Å². The van der Waals surface area contributed by atoms with E-state index in [4.69, 9.17) is 5.11 Å². The first-order valence-corrected chi connectivity index (χ1v) is 7.31. The molecule has 1 heterocycles. The van der Waals surface area contributed by atoms with E-state index in [0.717, 1.165) is 25.2 Å². The molecule has 0 aromatic heterocycles. The number of piperidine rings is 1. The Morgan fingerprint density at radius 2 is 1.80 bits per heavy atom. The van der Waals surface area contributed by atoms with Crippen LogP contribution in [0.1, 0.15) is 48.2 Å². The van der Waals surface area contributed by atoms with Gasteiger partial charge in [0.1, 0.15) is 0 Å². The maximum atomic E-state index is 10.8. The van der Waals surface area contributed by atoms with Crippen LogP contribution in [-0.4, -0.2) is 40.7 Å². The first-order valence-electron chi connectivity index (χ1n) is 7.31. The predicted molar refractivity (Wildman–Crippen MR) is 77.8 cm³/mol. The summed E-state index contributed by atoms with van der Waals surface area (Å²) in [5.74, 6) is -0.795. The molecule has 1 aliphatic heterocycles. The van der Waals surface area contributed by atoms with Crippen molar-refractivity contribution in [3.05, 3.63) is 35.4 Å². The first-order chi connectivity index (χ1) is 9.58. The van der Waals surface area contributed by atoms with Crippen molar-refractivity contribution in [1.82, 2.24) is 4.90 Å². The van der Waals surface area contributed by atoms with Gasteiger partial charge in [-0.25, -0.2) is 4.79 Å². The molecule has 4 heteroatoms. The molecule has 1 aliphatic rings. The van der Waals surface area contributed by atoms with Gasteiger partial charge in [-0.3, -0.25) is 0 Å². The normalized spacial score (nSPS) is 19.5. The third kappa shape index (κ3) is 3.81. The Kier molecular flexibility index (Phi) is 5.15. The number of carboxylic acids is 1. The number of likely N-dealkylation sites (tertiary alicyclic amines) is 1. The van der Waals surface area contributed by atoms with Crippen molar-refractivity contribution < 1.29 is 15.0 Å². The third-order valence-corrected chi connectivity index (χ3v) is 4.03. The molecular weight excluding hydrogens is 254 g/mol. The Balaban J connectivity index is 1.94. The molecule has 2 N–H and O–H groups in total. The minimum atomic E-state index is -0.938. The van der Waals surface area contributed by atoms with Crippen LogP contribution in [0.3, 0.4) is 0 Å². The van der Waals surface area contributed by atoms with E-state index in [1.54, 1.807) is 24.3 Å². The van der Waals surface area contributed by atoms with Gasteiger partial charge in [-0.15, -0.1) is 0 Å². The quantitative estimate of drug-likeness (QED) is 0.868. The Bertz CT molecular complexity index is 438. The lowest BCUT2D eigenvalue weighted by atomic mass is 9.95. The molecule has 0 radical (unpaired) electrons. The molecule has 0 aliphatic carbocycles. The van der Waals surface area contributed by atoms with Gasteiger partial charge in [-0.05, 0) is 49.5 Å². The lowest BCUT2D eigenvalue weighted by Crippen LogP contribution is -2.35. The van der Waals surface area contributed by atoms with E-state index in [1.807, 2.05) is 6.92 Å². The lowest BCUT2D eigenvalue weighted by Gasteiger charge is -2.31. The largest absolute Gasteiger partial charge is 0.478 e. The SMILES string of the molecule is CC(CN1CCCCC1)C(O)c1ccc(C(=O)O)cc1. The smallest absolute Gasteiger partial charge is 0.335 e. The molecule has 0 bridgehead atoms. The second kappa shape index (κ2) is 6.86. The van der Waals surface area contributed by atoms with Crippen LogP contribution in [0.4, 0.5) is 0 Å². The number of hydrogen-bond donors (Lipinski definition) is 2. The molecule has 1 aromatic carbocycles. The number of benzene rings is 1. The zero-order valence-corrected chi connectivity index (χ0v) is 12.0. The van der Waals surface area contributed by atoms with Gasteiger partial charge in [-0.2, -0.15) is 0 Å². The second-order valence-electron chi connectivity index (χ2n) is 5.71. The van der Waals surface area contributed by atoms with Gasteiger partial charge in [0.05, 0.1) is 11.7 Å². The highest BCUT2D eigenvalue weighted by atomic mass is 16.4. The van der Waals surface area contributed by atoms with Gasteiger partial charge >= 0.3 is 5.97 Å². The van der Waals surface area contributed by atoms with Crippen molar-refractivity contribution in [3.63, 3.8) is 0 Å². The van der Waals surface area contributed by atoms with Crippen LogP contribution in [0.2, 0.25) is 0 Å². The number of rotatable bonds is 5. The van der Waals surface area contributed by atoms with Crippen molar-refractivity contribution in [2.45, 2.75) is 32.3 Å². The maximum absolute atomic E-state index is 10.8. The summed E-state index contributed by atoms with van der Waals surface area (Å²) in [6.07, 6.45) is 3.26. The molecule has 4 nitrogen and oxygen atoms in total. The Morgan fingerprint density at radius 3 is 2.35 bits per heavy atom. The number of nitrogens with zero attached hydrogens (tertiary/aromatic N) is 1. The monoisotopic (exact) mass is 277 g/mol. The van der Waals surface area contributed by atoms with Gasteiger partial charge in [0.2, 0.25) is 0 Å².